The molecule has 0 saturated carbocycles. The molecule has 2 aromatic rings. The first kappa shape index (κ1) is 13.1. The molecule has 0 bridgehead atoms. The number of aliphatic hydroxyl groups is 1. The van der Waals surface area contributed by atoms with Crippen LogP contribution in [0.5, 0.6) is 5.75 Å². The van der Waals surface area contributed by atoms with Gasteiger partial charge in [-0.1, -0.05) is 0 Å². The van der Waals surface area contributed by atoms with Crippen molar-refractivity contribution in [2.24, 2.45) is 0 Å². The largest absolute Gasteiger partial charge is 0.493 e. The third-order valence-electron chi connectivity index (χ3n) is 2.65. The van der Waals surface area contributed by atoms with Crippen LogP contribution >= 0.6 is 11.3 Å². The summed E-state index contributed by atoms with van der Waals surface area (Å²) in [7, 11) is 0. The second kappa shape index (κ2) is 5.98. The molecule has 96 valence electrons. The Hall–Kier alpha value is -1.39. The van der Waals surface area contributed by atoms with Gasteiger partial charge < -0.3 is 9.84 Å². The lowest BCUT2D eigenvalue weighted by molar-refractivity contribution is 0.191. The molecule has 0 unspecified atom stereocenters. The summed E-state index contributed by atoms with van der Waals surface area (Å²) >= 11 is 1.64. The average Bonchev–Trinajstić information content (AvgIpc) is 2.82. The molecule has 1 atom stereocenters. The summed E-state index contributed by atoms with van der Waals surface area (Å²) in [4.78, 5) is 0. The minimum atomic E-state index is -0.665. The lowest BCUT2D eigenvalue weighted by Crippen LogP contribution is -2.04. The predicted molar refractivity (Wildman–Crippen MR) is 70.6 cm³/mol. The molecule has 0 aliphatic heterocycles. The molecule has 1 N–H and O–H groups in total. The van der Waals surface area contributed by atoms with Crippen LogP contribution in [0.15, 0.2) is 35.0 Å². The number of ether oxygens (including phenoxy) is 1. The number of benzene rings is 1. The lowest BCUT2D eigenvalue weighted by Gasteiger charge is -2.13. The summed E-state index contributed by atoms with van der Waals surface area (Å²) in [5, 5.41) is 13.7. The van der Waals surface area contributed by atoms with Crippen molar-refractivity contribution in [2.75, 3.05) is 6.61 Å². The van der Waals surface area contributed by atoms with Gasteiger partial charge in [0, 0.05) is 18.1 Å². The Balaban J connectivity index is 2.01. The van der Waals surface area contributed by atoms with Crippen molar-refractivity contribution in [3.05, 3.63) is 52.0 Å². The van der Waals surface area contributed by atoms with Gasteiger partial charge in [-0.2, -0.15) is 11.3 Å². The van der Waals surface area contributed by atoms with E-state index in [2.05, 4.69) is 5.38 Å². The van der Waals surface area contributed by atoms with Crippen LogP contribution in [0.2, 0.25) is 0 Å². The van der Waals surface area contributed by atoms with E-state index in [1.807, 2.05) is 11.4 Å². The highest BCUT2D eigenvalue weighted by atomic mass is 32.1. The smallest absolute Gasteiger partial charge is 0.128 e. The first-order valence-electron chi connectivity index (χ1n) is 5.78. The van der Waals surface area contributed by atoms with Crippen LogP contribution in [0.25, 0.3) is 0 Å². The zero-order valence-electron chi connectivity index (χ0n) is 10.1. The zero-order chi connectivity index (χ0) is 13.0. The number of hydrogen-bond acceptors (Lipinski definition) is 3. The van der Waals surface area contributed by atoms with E-state index in [0.29, 0.717) is 17.9 Å². The van der Waals surface area contributed by atoms with E-state index >= 15 is 0 Å². The van der Waals surface area contributed by atoms with Gasteiger partial charge in [-0.25, -0.2) is 4.39 Å². The fourth-order valence-corrected chi connectivity index (χ4v) is 2.40. The fraction of sp³-hybridized carbons (Fsp3) is 0.286. The van der Waals surface area contributed by atoms with Crippen LogP contribution in [-0.4, -0.2) is 11.7 Å². The second-order valence-electron chi connectivity index (χ2n) is 4.09. The number of halogens is 1. The minimum Gasteiger partial charge on any atom is -0.493 e. The van der Waals surface area contributed by atoms with Crippen molar-refractivity contribution in [2.45, 2.75) is 19.4 Å². The molecule has 4 heteroatoms. The molecule has 1 aromatic heterocycles. The molecule has 2 rings (SSSR count). The van der Waals surface area contributed by atoms with Crippen LogP contribution in [-0.2, 0) is 6.42 Å². The fourth-order valence-electron chi connectivity index (χ4n) is 1.69. The van der Waals surface area contributed by atoms with Crippen molar-refractivity contribution in [3.8, 4) is 5.75 Å². The van der Waals surface area contributed by atoms with Crippen LogP contribution in [0.4, 0.5) is 4.39 Å². The molecule has 0 fully saturated rings. The second-order valence-corrected chi connectivity index (χ2v) is 4.87. The topological polar surface area (TPSA) is 29.5 Å². The van der Waals surface area contributed by atoms with Gasteiger partial charge in [0.05, 0.1) is 12.7 Å². The predicted octanol–water partition coefficient (Wildman–Crippen LogP) is 3.56. The van der Waals surface area contributed by atoms with Gasteiger partial charge in [0.15, 0.2) is 0 Å². The third-order valence-corrected chi connectivity index (χ3v) is 3.39. The molecule has 0 saturated heterocycles. The molecule has 0 aliphatic carbocycles. The third kappa shape index (κ3) is 3.31. The quantitative estimate of drug-likeness (QED) is 0.896. The zero-order valence-corrected chi connectivity index (χ0v) is 10.9. The first-order chi connectivity index (χ1) is 8.66. The van der Waals surface area contributed by atoms with Crippen LogP contribution in [0.1, 0.15) is 24.2 Å². The first-order valence-corrected chi connectivity index (χ1v) is 6.72. The maximum Gasteiger partial charge on any atom is 0.128 e. The summed E-state index contributed by atoms with van der Waals surface area (Å²) in [6, 6.07) is 6.23. The van der Waals surface area contributed by atoms with E-state index in [1.165, 1.54) is 17.7 Å². The molecule has 2 nitrogen and oxygen atoms in total. The molecule has 1 heterocycles. The van der Waals surface area contributed by atoms with E-state index in [0.717, 1.165) is 6.42 Å². The maximum absolute atomic E-state index is 13.2. The molecule has 0 amide bonds. The molecule has 0 aliphatic rings. The number of thiophene rings is 1. The molecular formula is C14H15FO2S. The lowest BCUT2D eigenvalue weighted by atomic mass is 10.1. The van der Waals surface area contributed by atoms with Crippen molar-refractivity contribution in [1.82, 2.24) is 0 Å². The van der Waals surface area contributed by atoms with Crippen LogP contribution in [0, 0.1) is 5.82 Å². The monoisotopic (exact) mass is 266 g/mol. The highest BCUT2D eigenvalue weighted by Crippen LogP contribution is 2.26. The van der Waals surface area contributed by atoms with E-state index in [9.17, 15) is 9.50 Å². The molecular weight excluding hydrogens is 251 g/mol. The van der Waals surface area contributed by atoms with Crippen molar-refractivity contribution in [3.63, 3.8) is 0 Å². The Kier molecular flexibility index (Phi) is 4.33. The van der Waals surface area contributed by atoms with Gasteiger partial charge in [-0.15, -0.1) is 0 Å². The Bertz CT molecular complexity index is 495. The summed E-state index contributed by atoms with van der Waals surface area (Å²) < 4.78 is 18.7. The van der Waals surface area contributed by atoms with E-state index in [1.54, 1.807) is 24.3 Å². The average molecular weight is 266 g/mol. The van der Waals surface area contributed by atoms with Gasteiger partial charge in [0.1, 0.15) is 11.6 Å². The van der Waals surface area contributed by atoms with Gasteiger partial charge in [-0.3, -0.25) is 0 Å². The summed E-state index contributed by atoms with van der Waals surface area (Å²) in [6.07, 6.45) is 0.112. The number of aliphatic hydroxyl groups excluding tert-OH is 1. The highest BCUT2D eigenvalue weighted by molar-refractivity contribution is 7.07. The Morgan fingerprint density at radius 3 is 2.89 bits per heavy atom. The highest BCUT2D eigenvalue weighted by Gasteiger charge is 2.10. The van der Waals surface area contributed by atoms with Gasteiger partial charge in [0.2, 0.25) is 0 Å². The van der Waals surface area contributed by atoms with Gasteiger partial charge in [-0.05, 0) is 41.4 Å². The summed E-state index contributed by atoms with van der Waals surface area (Å²) in [6.45, 7) is 2.11. The van der Waals surface area contributed by atoms with Crippen molar-refractivity contribution >= 4 is 11.3 Å². The van der Waals surface area contributed by atoms with Gasteiger partial charge >= 0.3 is 0 Å². The number of rotatable bonds is 5. The minimum absolute atomic E-state index is 0.357. The Morgan fingerprint density at radius 1 is 1.39 bits per heavy atom. The summed E-state index contributed by atoms with van der Waals surface area (Å²) in [5.74, 6) is 0.0603. The number of hydrogen-bond donors (Lipinski definition) is 1. The maximum atomic E-state index is 13.2. The van der Waals surface area contributed by atoms with Crippen LogP contribution in [0.3, 0.4) is 0 Å². The van der Waals surface area contributed by atoms with E-state index in [-0.39, 0.29) is 5.82 Å². The molecule has 0 radical (unpaired) electrons. The van der Waals surface area contributed by atoms with E-state index in [4.69, 9.17) is 4.74 Å². The summed E-state index contributed by atoms with van der Waals surface area (Å²) in [5.41, 5.74) is 1.82. The van der Waals surface area contributed by atoms with Crippen molar-refractivity contribution in [1.29, 1.82) is 0 Å². The van der Waals surface area contributed by atoms with Crippen LogP contribution < -0.4 is 4.74 Å². The molecule has 1 aromatic carbocycles. The van der Waals surface area contributed by atoms with E-state index < -0.39 is 6.10 Å². The molecule has 18 heavy (non-hydrogen) atoms. The Morgan fingerprint density at radius 2 is 2.22 bits per heavy atom. The normalized spacial score (nSPS) is 12.4. The van der Waals surface area contributed by atoms with Gasteiger partial charge in [0.25, 0.3) is 0 Å². The SMILES string of the molecule is C[C@@H](O)c1ccc(F)cc1OCCc1ccsc1. The standard InChI is InChI=1S/C14H15FO2S/c1-10(16)13-3-2-12(15)8-14(13)17-6-4-11-5-7-18-9-11/h2-3,5,7-10,16H,4,6H2,1H3/t10-/m1/s1. The van der Waals surface area contributed by atoms with Crippen molar-refractivity contribution < 1.29 is 14.2 Å². The Labute approximate surface area is 110 Å². The molecule has 0 spiro atoms.